The average Bonchev–Trinajstić information content (AvgIpc) is 2.51. The first-order valence-corrected chi connectivity index (χ1v) is 10.0. The molecule has 0 radical (unpaired) electrons. The Labute approximate surface area is 166 Å². The van der Waals surface area contributed by atoms with Gasteiger partial charge in [0.15, 0.2) is 0 Å². The van der Waals surface area contributed by atoms with Crippen LogP contribution < -0.4 is 5.32 Å². The molecule has 0 spiro atoms. The summed E-state index contributed by atoms with van der Waals surface area (Å²) < 4.78 is 5.31. The maximum atomic E-state index is 12.0. The van der Waals surface area contributed by atoms with Crippen molar-refractivity contribution >= 4 is 22.0 Å². The molecule has 1 aromatic carbocycles. The van der Waals surface area contributed by atoms with Gasteiger partial charge in [-0.2, -0.15) is 0 Å². The third-order valence-electron chi connectivity index (χ3n) is 3.80. The minimum Gasteiger partial charge on any atom is -0.444 e. The van der Waals surface area contributed by atoms with Crippen LogP contribution in [0, 0.1) is 5.92 Å². The van der Waals surface area contributed by atoms with Crippen molar-refractivity contribution in [3.05, 3.63) is 35.9 Å². The van der Waals surface area contributed by atoms with Crippen LogP contribution in [0.5, 0.6) is 0 Å². The highest BCUT2D eigenvalue weighted by Crippen LogP contribution is 2.21. The lowest BCUT2D eigenvalue weighted by Gasteiger charge is -2.34. The fourth-order valence-corrected chi connectivity index (χ4v) is 2.87. The zero-order valence-corrected chi connectivity index (χ0v) is 18.3. The minimum absolute atomic E-state index is 0.0695. The Bertz CT molecular complexity index is 546. The summed E-state index contributed by atoms with van der Waals surface area (Å²) in [6.07, 6.45) is -1.11. The predicted octanol–water partition coefficient (Wildman–Crippen LogP) is 4.14. The molecule has 1 rings (SSSR count). The number of aliphatic hydroxyl groups is 1. The maximum absolute atomic E-state index is 12.0. The van der Waals surface area contributed by atoms with Gasteiger partial charge in [-0.1, -0.05) is 60.1 Å². The number of hydrogen-bond acceptors (Lipinski definition) is 4. The van der Waals surface area contributed by atoms with Crippen molar-refractivity contribution in [3.63, 3.8) is 0 Å². The molecule has 0 fully saturated rings. The van der Waals surface area contributed by atoms with Crippen LogP contribution >= 0.6 is 15.9 Å². The quantitative estimate of drug-likeness (QED) is 0.482. The molecule has 3 atom stereocenters. The molecular weight excluding hydrogens is 396 g/mol. The summed E-state index contributed by atoms with van der Waals surface area (Å²) in [5.41, 5.74) is 0.575. The van der Waals surface area contributed by atoms with Gasteiger partial charge < -0.3 is 15.2 Å². The number of aliphatic hydroxyl groups excluding tert-OH is 1. The molecule has 0 saturated heterocycles. The minimum atomic E-state index is -0.668. The van der Waals surface area contributed by atoms with Crippen LogP contribution in [0.25, 0.3) is 0 Å². The van der Waals surface area contributed by atoms with Gasteiger partial charge in [-0.05, 0) is 39.2 Å². The van der Waals surface area contributed by atoms with E-state index in [1.165, 1.54) is 0 Å². The third-order valence-corrected chi connectivity index (χ3v) is 5.33. The molecule has 0 aliphatic rings. The van der Waals surface area contributed by atoms with Crippen molar-refractivity contribution in [3.8, 4) is 0 Å². The first-order chi connectivity index (χ1) is 12.0. The number of nitrogens with one attached hydrogen (secondary N) is 1. The number of nitrogens with zero attached hydrogens (tertiary/aromatic N) is 1. The molecule has 0 heterocycles. The number of carbonyl (C=O) groups is 1. The number of ether oxygens (including phenoxy) is 1. The van der Waals surface area contributed by atoms with Gasteiger partial charge in [-0.3, -0.25) is 4.90 Å². The number of carbonyl (C=O) groups excluding carboxylic acids is 1. The maximum Gasteiger partial charge on any atom is 0.407 e. The molecule has 1 amide bonds. The number of benzene rings is 1. The summed E-state index contributed by atoms with van der Waals surface area (Å²) in [4.78, 5) is 13.9. The Balaban J connectivity index is 2.79. The molecule has 0 bridgehead atoms. The summed E-state index contributed by atoms with van der Waals surface area (Å²) >= 11 is 3.60. The standard InChI is InChI=1S/C20H33BrN2O3/c1-14(2)17(21)18(24)23(13-16-10-8-7-9-11-16)12-15(3)22-19(25)26-20(4,5)6/h7-11,14-15,17-18,24H,12-13H2,1-6H3,(H,22,25)/t15-,17-,18?/m1/s1. The topological polar surface area (TPSA) is 61.8 Å². The van der Waals surface area contributed by atoms with E-state index in [4.69, 9.17) is 4.74 Å². The monoisotopic (exact) mass is 428 g/mol. The summed E-state index contributed by atoms with van der Waals surface area (Å²) in [6.45, 7) is 12.6. The number of halogens is 1. The molecule has 0 aliphatic carbocycles. The van der Waals surface area contributed by atoms with Crippen LogP contribution in [-0.4, -0.2) is 45.3 Å². The molecule has 1 aromatic rings. The molecule has 148 valence electrons. The molecule has 2 N–H and O–H groups in total. The van der Waals surface area contributed by atoms with Gasteiger partial charge in [0.1, 0.15) is 11.8 Å². The number of alkyl carbamates (subject to hydrolysis) is 1. The van der Waals surface area contributed by atoms with Crippen molar-refractivity contribution in [1.82, 2.24) is 10.2 Å². The summed E-state index contributed by atoms with van der Waals surface area (Å²) in [6, 6.07) is 9.83. The van der Waals surface area contributed by atoms with Crippen LogP contribution in [0.3, 0.4) is 0 Å². The van der Waals surface area contributed by atoms with Gasteiger partial charge >= 0.3 is 6.09 Å². The van der Waals surface area contributed by atoms with E-state index in [1.54, 1.807) is 0 Å². The number of amides is 1. The Morgan fingerprint density at radius 2 is 1.81 bits per heavy atom. The second-order valence-corrected chi connectivity index (χ2v) is 9.12. The fourth-order valence-electron chi connectivity index (χ4n) is 2.54. The van der Waals surface area contributed by atoms with Crippen molar-refractivity contribution in [2.45, 2.75) is 70.8 Å². The van der Waals surface area contributed by atoms with E-state index in [0.29, 0.717) is 13.1 Å². The first-order valence-electron chi connectivity index (χ1n) is 9.09. The molecule has 5 nitrogen and oxygen atoms in total. The van der Waals surface area contributed by atoms with Crippen LogP contribution in [-0.2, 0) is 11.3 Å². The lowest BCUT2D eigenvalue weighted by Crippen LogP contribution is -2.49. The summed E-state index contributed by atoms with van der Waals surface area (Å²) in [5, 5.41) is 13.7. The van der Waals surface area contributed by atoms with Crippen LogP contribution in [0.4, 0.5) is 4.79 Å². The zero-order chi connectivity index (χ0) is 19.9. The largest absolute Gasteiger partial charge is 0.444 e. The molecule has 0 aliphatic heterocycles. The van der Waals surface area contributed by atoms with E-state index < -0.39 is 17.9 Å². The average molecular weight is 429 g/mol. The number of hydrogen-bond donors (Lipinski definition) is 2. The summed E-state index contributed by atoms with van der Waals surface area (Å²) in [5.74, 6) is 0.275. The summed E-state index contributed by atoms with van der Waals surface area (Å²) in [7, 11) is 0. The molecule has 6 heteroatoms. The molecule has 26 heavy (non-hydrogen) atoms. The van der Waals surface area contributed by atoms with E-state index in [-0.39, 0.29) is 16.8 Å². The molecule has 0 aromatic heterocycles. The van der Waals surface area contributed by atoms with Gasteiger partial charge in [0, 0.05) is 19.1 Å². The normalized spacial score (nSPS) is 15.6. The van der Waals surface area contributed by atoms with Gasteiger partial charge in [0.25, 0.3) is 0 Å². The van der Waals surface area contributed by atoms with Crippen molar-refractivity contribution in [2.75, 3.05) is 6.54 Å². The van der Waals surface area contributed by atoms with E-state index in [9.17, 15) is 9.90 Å². The first kappa shape index (κ1) is 22.9. The van der Waals surface area contributed by atoms with Crippen LogP contribution in [0.1, 0.15) is 47.1 Å². The highest BCUT2D eigenvalue weighted by Gasteiger charge is 2.28. The Kier molecular flexibility index (Phi) is 9.07. The Morgan fingerprint density at radius 1 is 1.23 bits per heavy atom. The Morgan fingerprint density at radius 3 is 2.31 bits per heavy atom. The van der Waals surface area contributed by atoms with Gasteiger partial charge in [-0.15, -0.1) is 0 Å². The molecular formula is C20H33BrN2O3. The number of rotatable bonds is 8. The fraction of sp³-hybridized carbons (Fsp3) is 0.650. The predicted molar refractivity (Wildman–Crippen MR) is 109 cm³/mol. The van der Waals surface area contributed by atoms with E-state index in [0.717, 1.165) is 5.56 Å². The van der Waals surface area contributed by atoms with Crippen LogP contribution in [0.15, 0.2) is 30.3 Å². The molecule has 1 unspecified atom stereocenters. The zero-order valence-electron chi connectivity index (χ0n) is 16.7. The highest BCUT2D eigenvalue weighted by atomic mass is 79.9. The second kappa shape index (κ2) is 10.3. The lowest BCUT2D eigenvalue weighted by atomic mass is 10.1. The van der Waals surface area contributed by atoms with E-state index in [1.807, 2.05) is 62.9 Å². The SMILES string of the molecule is CC(C)[C@@H](Br)C(O)N(Cc1ccccc1)C[C@@H](C)NC(=O)OC(C)(C)C. The third kappa shape index (κ3) is 8.52. The van der Waals surface area contributed by atoms with E-state index in [2.05, 4.69) is 35.1 Å². The lowest BCUT2D eigenvalue weighted by molar-refractivity contribution is -0.0153. The van der Waals surface area contributed by atoms with Crippen molar-refractivity contribution < 1.29 is 14.6 Å². The van der Waals surface area contributed by atoms with E-state index >= 15 is 0 Å². The van der Waals surface area contributed by atoms with Gasteiger partial charge in [0.05, 0.1) is 4.83 Å². The van der Waals surface area contributed by atoms with Crippen molar-refractivity contribution in [1.29, 1.82) is 0 Å². The highest BCUT2D eigenvalue weighted by molar-refractivity contribution is 9.09. The van der Waals surface area contributed by atoms with Crippen LogP contribution in [0.2, 0.25) is 0 Å². The molecule has 0 saturated carbocycles. The van der Waals surface area contributed by atoms with Gasteiger partial charge in [-0.25, -0.2) is 4.79 Å². The number of alkyl halides is 1. The Hall–Kier alpha value is -1.11. The smallest absolute Gasteiger partial charge is 0.407 e. The van der Waals surface area contributed by atoms with Crippen molar-refractivity contribution in [2.24, 2.45) is 5.92 Å². The second-order valence-electron chi connectivity index (χ2n) is 8.06. The van der Waals surface area contributed by atoms with Gasteiger partial charge in [0.2, 0.25) is 0 Å².